The lowest BCUT2D eigenvalue weighted by Gasteiger charge is -2.56. The van der Waals surface area contributed by atoms with Crippen LogP contribution >= 0.6 is 0 Å². The van der Waals surface area contributed by atoms with E-state index in [-0.39, 0.29) is 53.0 Å². The molecule has 3 aromatic rings. The van der Waals surface area contributed by atoms with E-state index in [2.05, 4.69) is 159 Å². The van der Waals surface area contributed by atoms with Crippen molar-refractivity contribution in [3.05, 3.63) is 198 Å². The van der Waals surface area contributed by atoms with Crippen LogP contribution in [-0.4, -0.2) is 36.3 Å². The molecule has 0 aromatic heterocycles. The second-order valence-corrected chi connectivity index (χ2v) is 16.5. The van der Waals surface area contributed by atoms with Gasteiger partial charge >= 0.3 is 0 Å². The number of hydrogen-bond donors (Lipinski definition) is 1. The number of aliphatic imine (C=N–C) groups is 3. The fourth-order valence-electron chi connectivity index (χ4n) is 10.8. The van der Waals surface area contributed by atoms with Crippen LogP contribution in [0.15, 0.2) is 196 Å². The molecular weight excluding hydrogens is 709 g/mol. The van der Waals surface area contributed by atoms with Gasteiger partial charge in [0.15, 0.2) is 0 Å². The van der Waals surface area contributed by atoms with E-state index in [0.717, 1.165) is 42.5 Å². The lowest BCUT2D eigenvalue weighted by atomic mass is 9.53. The molecule has 286 valence electrons. The molecule has 7 unspecified atom stereocenters. The van der Waals surface area contributed by atoms with Crippen LogP contribution in [0.4, 0.5) is 0 Å². The van der Waals surface area contributed by atoms with Gasteiger partial charge in [-0.15, -0.1) is 13.2 Å². The van der Waals surface area contributed by atoms with Crippen molar-refractivity contribution in [2.45, 2.75) is 49.7 Å². The average molecular weight is 757 g/mol. The zero-order chi connectivity index (χ0) is 39.2. The maximum atomic E-state index is 9.45. The van der Waals surface area contributed by atoms with Crippen molar-refractivity contribution in [2.24, 2.45) is 44.6 Å². The number of benzene rings is 3. The molecule has 7 atom stereocenters. The summed E-state index contributed by atoms with van der Waals surface area (Å²) >= 11 is 0. The van der Waals surface area contributed by atoms with Crippen LogP contribution in [-0.2, 0) is 10.2 Å². The Morgan fingerprint density at radius 3 is 2.43 bits per heavy atom. The molecule has 58 heavy (non-hydrogen) atoms. The van der Waals surface area contributed by atoms with Crippen LogP contribution in [0, 0.1) is 35.0 Å². The Morgan fingerprint density at radius 2 is 1.69 bits per heavy atom. The van der Waals surface area contributed by atoms with Gasteiger partial charge in [-0.05, 0) is 88.8 Å². The SMILES string of the molecule is C=CC1OC2CC3C=NC4=CC=C(C(=N)/N=C(\N=C\C5=CCCC(c6ccccc6)=C5)C5C=CC=CC5)CC4C3=CC2C2(c3ccccc3-c3ccccc32)C1C=C. The number of fused-ring (bicyclic) bond motifs is 10. The molecule has 5 nitrogen and oxygen atoms in total. The molecular formula is C53H48N4O. The summed E-state index contributed by atoms with van der Waals surface area (Å²) in [6.07, 6.45) is 31.9. The third kappa shape index (κ3) is 6.03. The molecule has 2 heterocycles. The molecule has 1 saturated heterocycles. The van der Waals surface area contributed by atoms with E-state index in [1.54, 1.807) is 0 Å². The Kier molecular flexibility index (Phi) is 9.42. The van der Waals surface area contributed by atoms with Gasteiger partial charge in [0.25, 0.3) is 0 Å². The molecule has 0 radical (unpaired) electrons. The van der Waals surface area contributed by atoms with Crippen molar-refractivity contribution in [3.8, 4) is 11.1 Å². The quantitative estimate of drug-likeness (QED) is 0.152. The summed E-state index contributed by atoms with van der Waals surface area (Å²) in [5.41, 5.74) is 11.9. The van der Waals surface area contributed by atoms with Gasteiger partial charge in [-0.1, -0.05) is 139 Å². The molecule has 5 aliphatic carbocycles. The van der Waals surface area contributed by atoms with E-state index in [1.807, 2.05) is 12.3 Å². The molecule has 1 N–H and O–H groups in total. The van der Waals surface area contributed by atoms with Crippen molar-refractivity contribution in [1.82, 2.24) is 0 Å². The summed E-state index contributed by atoms with van der Waals surface area (Å²) in [6, 6.07) is 28.4. The molecule has 0 saturated carbocycles. The largest absolute Gasteiger partial charge is 0.370 e. The number of allylic oxidation sites excluding steroid dienone is 10. The highest BCUT2D eigenvalue weighted by Gasteiger charge is 2.60. The van der Waals surface area contributed by atoms with E-state index in [4.69, 9.17) is 19.7 Å². The predicted molar refractivity (Wildman–Crippen MR) is 239 cm³/mol. The van der Waals surface area contributed by atoms with Crippen molar-refractivity contribution >= 4 is 29.7 Å². The van der Waals surface area contributed by atoms with Crippen LogP contribution in [0.2, 0.25) is 0 Å². The van der Waals surface area contributed by atoms with Crippen molar-refractivity contribution in [1.29, 1.82) is 5.41 Å². The number of nitrogens with one attached hydrogen (secondary N) is 1. The van der Waals surface area contributed by atoms with Gasteiger partial charge in [0.05, 0.1) is 12.2 Å². The summed E-state index contributed by atoms with van der Waals surface area (Å²) in [7, 11) is 0. The minimum Gasteiger partial charge on any atom is -0.370 e. The maximum Gasteiger partial charge on any atom is 0.149 e. The van der Waals surface area contributed by atoms with E-state index in [0.29, 0.717) is 12.3 Å². The average Bonchev–Trinajstić information content (AvgIpc) is 3.57. The lowest BCUT2D eigenvalue weighted by Crippen LogP contribution is -2.58. The Hall–Kier alpha value is -6.04. The van der Waals surface area contributed by atoms with Crippen LogP contribution in [0.1, 0.15) is 48.8 Å². The Balaban J connectivity index is 0.990. The van der Waals surface area contributed by atoms with E-state index >= 15 is 0 Å². The Morgan fingerprint density at radius 1 is 0.914 bits per heavy atom. The van der Waals surface area contributed by atoms with Crippen molar-refractivity contribution in [2.75, 3.05) is 0 Å². The zero-order valence-corrected chi connectivity index (χ0v) is 32.8. The lowest BCUT2D eigenvalue weighted by molar-refractivity contribution is -0.110. The molecule has 0 amide bonds. The third-order valence-corrected chi connectivity index (χ3v) is 13.5. The minimum absolute atomic E-state index is 0.00263. The summed E-state index contributed by atoms with van der Waals surface area (Å²) in [4.78, 5) is 15.1. The number of ether oxygens (including phenoxy) is 1. The fourth-order valence-corrected chi connectivity index (χ4v) is 10.8. The van der Waals surface area contributed by atoms with Crippen LogP contribution in [0.5, 0.6) is 0 Å². The zero-order valence-electron chi connectivity index (χ0n) is 32.8. The molecule has 5 heteroatoms. The second-order valence-electron chi connectivity index (χ2n) is 16.5. The summed E-state index contributed by atoms with van der Waals surface area (Å²) in [5.74, 6) is 1.18. The predicted octanol–water partition coefficient (Wildman–Crippen LogP) is 11.6. The van der Waals surface area contributed by atoms with Crippen LogP contribution < -0.4 is 0 Å². The van der Waals surface area contributed by atoms with Gasteiger partial charge in [-0.2, -0.15) is 0 Å². The third-order valence-electron chi connectivity index (χ3n) is 13.5. The van der Waals surface area contributed by atoms with Gasteiger partial charge in [-0.25, -0.2) is 9.98 Å². The highest BCUT2D eigenvalue weighted by molar-refractivity contribution is 6.09. The molecule has 1 spiro atoms. The first-order chi connectivity index (χ1) is 28.6. The van der Waals surface area contributed by atoms with Crippen molar-refractivity contribution < 1.29 is 4.74 Å². The highest BCUT2D eigenvalue weighted by atomic mass is 16.5. The van der Waals surface area contributed by atoms with Crippen LogP contribution in [0.25, 0.3) is 16.7 Å². The van der Waals surface area contributed by atoms with E-state index in [1.165, 1.54) is 39.0 Å². The highest BCUT2D eigenvalue weighted by Crippen LogP contribution is 2.63. The smallest absolute Gasteiger partial charge is 0.149 e. The fraction of sp³-hybridized carbons (Fsp3) is 0.245. The molecule has 2 aliphatic heterocycles. The molecule has 7 aliphatic rings. The maximum absolute atomic E-state index is 9.45. The topological polar surface area (TPSA) is 70.2 Å². The van der Waals surface area contributed by atoms with Gasteiger partial charge < -0.3 is 4.74 Å². The first kappa shape index (κ1) is 36.3. The number of amidine groups is 2. The molecule has 10 rings (SSSR count). The van der Waals surface area contributed by atoms with Gasteiger partial charge in [-0.3, -0.25) is 10.4 Å². The van der Waals surface area contributed by atoms with Gasteiger partial charge in [0.1, 0.15) is 11.7 Å². The first-order valence-electron chi connectivity index (χ1n) is 20.8. The Labute approximate surface area is 342 Å². The number of nitrogens with zero attached hydrogens (tertiary/aromatic N) is 3. The normalized spacial score (nSPS) is 28.8. The monoisotopic (exact) mass is 756 g/mol. The standard InChI is InChI=1S/C53H48N4O/c1-3-44-49(4-2)58-50-30-39-33-55-48-27-26-38(29-43(48)42(39)31-47(50)53(44)45-24-13-11-22-40(45)41-23-12-14-25-46(41)53)51(54)57-52(36-19-9-6-10-20-36)56-32-34-16-15-21-37(28-34)35-17-7-5-8-18-35/h3-14,16-19,22-28,31-33,36,39,43-44,47,49-50,54H,1-2,15,20-21,29-30H2/b54-51?,56-32+,57-52-. The second kappa shape index (κ2) is 15.0. The number of rotatable bonds is 6. The summed E-state index contributed by atoms with van der Waals surface area (Å²) < 4.78 is 7.00. The molecule has 1 fully saturated rings. The van der Waals surface area contributed by atoms with E-state index in [9.17, 15) is 5.41 Å². The summed E-state index contributed by atoms with van der Waals surface area (Å²) in [6.45, 7) is 8.69. The minimum atomic E-state index is -0.364. The molecule has 3 aromatic carbocycles. The Bertz CT molecular complexity index is 2470. The van der Waals surface area contributed by atoms with E-state index < -0.39 is 0 Å². The van der Waals surface area contributed by atoms with Gasteiger partial charge in [0, 0.05) is 53.1 Å². The van der Waals surface area contributed by atoms with Crippen molar-refractivity contribution in [3.63, 3.8) is 0 Å². The van der Waals surface area contributed by atoms with Crippen LogP contribution in [0.3, 0.4) is 0 Å². The molecule has 0 bridgehead atoms. The summed E-state index contributed by atoms with van der Waals surface area (Å²) in [5, 5.41) is 9.45. The first-order valence-corrected chi connectivity index (χ1v) is 20.8. The van der Waals surface area contributed by atoms with Gasteiger partial charge in [0.2, 0.25) is 0 Å². The number of hydrogen-bond acceptors (Lipinski definition) is 3.